The molecule has 1 aliphatic heterocycles. The van der Waals surface area contributed by atoms with Crippen molar-refractivity contribution in [2.24, 2.45) is 5.41 Å². The molecule has 20 heavy (non-hydrogen) atoms. The van der Waals surface area contributed by atoms with E-state index in [1.54, 1.807) is 0 Å². The summed E-state index contributed by atoms with van der Waals surface area (Å²) in [6.07, 6.45) is 3.88. The number of aliphatic hydroxyl groups is 1. The molecule has 1 aliphatic carbocycles. The Kier molecular flexibility index (Phi) is 3.26. The van der Waals surface area contributed by atoms with Crippen LogP contribution >= 0.6 is 0 Å². The molecule has 0 bridgehead atoms. The molecule has 1 aromatic rings. The van der Waals surface area contributed by atoms with Crippen molar-refractivity contribution in [1.29, 1.82) is 0 Å². The van der Waals surface area contributed by atoms with Crippen LogP contribution in [0.15, 0.2) is 6.07 Å². The second-order valence-electron chi connectivity index (χ2n) is 7.74. The number of hydrogen-bond donors (Lipinski definition) is 1. The van der Waals surface area contributed by atoms with Gasteiger partial charge in [-0.15, -0.1) is 0 Å². The van der Waals surface area contributed by atoms with Crippen LogP contribution in [0.25, 0.3) is 0 Å². The lowest BCUT2D eigenvalue weighted by atomic mass is 9.75. The maximum atomic E-state index is 10.4. The van der Waals surface area contributed by atoms with E-state index in [1.165, 1.54) is 11.4 Å². The van der Waals surface area contributed by atoms with Crippen LogP contribution in [0.3, 0.4) is 0 Å². The molecular weight excluding hydrogens is 250 g/mol. The van der Waals surface area contributed by atoms with Gasteiger partial charge in [-0.05, 0) is 51.0 Å². The zero-order valence-electron chi connectivity index (χ0n) is 13.2. The van der Waals surface area contributed by atoms with Crippen LogP contribution in [0.1, 0.15) is 63.1 Å². The second kappa shape index (κ2) is 4.60. The van der Waals surface area contributed by atoms with Gasteiger partial charge >= 0.3 is 0 Å². The van der Waals surface area contributed by atoms with E-state index < -0.39 is 0 Å². The van der Waals surface area contributed by atoms with E-state index in [9.17, 15) is 5.11 Å². The minimum atomic E-state index is -0.314. The van der Waals surface area contributed by atoms with Crippen molar-refractivity contribution >= 4 is 0 Å². The molecule has 0 saturated carbocycles. The summed E-state index contributed by atoms with van der Waals surface area (Å²) >= 11 is 0. The van der Waals surface area contributed by atoms with Gasteiger partial charge in [0.1, 0.15) is 0 Å². The molecule has 2 atom stereocenters. The summed E-state index contributed by atoms with van der Waals surface area (Å²) in [4.78, 5) is 0. The average Bonchev–Trinajstić information content (AvgIpc) is 2.86. The van der Waals surface area contributed by atoms with E-state index in [0.29, 0.717) is 0 Å². The van der Waals surface area contributed by atoms with E-state index in [1.807, 2.05) is 0 Å². The molecule has 112 valence electrons. The number of aromatic nitrogens is 1. The first-order chi connectivity index (χ1) is 9.30. The average molecular weight is 277 g/mol. The van der Waals surface area contributed by atoms with E-state index in [-0.39, 0.29) is 17.1 Å². The van der Waals surface area contributed by atoms with Crippen LogP contribution in [-0.2, 0) is 17.7 Å². The van der Waals surface area contributed by atoms with Crippen molar-refractivity contribution in [1.82, 2.24) is 4.57 Å². The standard InChI is InChI=1S/C17H27NO2/c1-12-8-13-14(9-16(2,3)10-15(13)19)18(12)11-17(4)6-5-7-20-17/h8,15,19H,5-7,9-11H2,1-4H3. The molecule has 1 saturated heterocycles. The minimum absolute atomic E-state index is 0.0376. The topological polar surface area (TPSA) is 34.4 Å². The zero-order chi connectivity index (χ0) is 14.5. The van der Waals surface area contributed by atoms with Gasteiger partial charge < -0.3 is 14.4 Å². The van der Waals surface area contributed by atoms with Gasteiger partial charge in [0.2, 0.25) is 0 Å². The van der Waals surface area contributed by atoms with E-state index in [0.717, 1.165) is 44.4 Å². The highest BCUT2D eigenvalue weighted by molar-refractivity contribution is 5.33. The van der Waals surface area contributed by atoms with Crippen molar-refractivity contribution in [3.8, 4) is 0 Å². The third-order valence-electron chi connectivity index (χ3n) is 4.99. The Labute approximate surface area is 121 Å². The Hall–Kier alpha value is -0.800. The number of rotatable bonds is 2. The number of fused-ring (bicyclic) bond motifs is 1. The summed E-state index contributed by atoms with van der Waals surface area (Å²) in [6, 6.07) is 2.17. The molecule has 0 amide bonds. The third-order valence-corrected chi connectivity index (χ3v) is 4.99. The van der Waals surface area contributed by atoms with E-state index in [2.05, 4.69) is 38.3 Å². The highest BCUT2D eigenvalue weighted by Gasteiger charge is 2.37. The maximum Gasteiger partial charge on any atom is 0.0833 e. The smallest absolute Gasteiger partial charge is 0.0833 e. The molecular formula is C17H27NO2. The molecule has 1 N–H and O–H groups in total. The molecule has 3 heteroatoms. The summed E-state index contributed by atoms with van der Waals surface area (Å²) in [7, 11) is 0. The minimum Gasteiger partial charge on any atom is -0.388 e. The molecule has 0 spiro atoms. The molecule has 1 fully saturated rings. The quantitative estimate of drug-likeness (QED) is 0.899. The number of aryl methyl sites for hydroxylation is 1. The van der Waals surface area contributed by atoms with Gasteiger partial charge in [0.25, 0.3) is 0 Å². The Morgan fingerprint density at radius 1 is 1.40 bits per heavy atom. The predicted molar refractivity (Wildman–Crippen MR) is 79.8 cm³/mol. The van der Waals surface area contributed by atoms with Gasteiger partial charge in [-0.25, -0.2) is 0 Å². The summed E-state index contributed by atoms with van der Waals surface area (Å²) < 4.78 is 8.35. The Bertz CT molecular complexity index is 509. The first-order valence-corrected chi connectivity index (χ1v) is 7.81. The highest BCUT2D eigenvalue weighted by atomic mass is 16.5. The fourth-order valence-corrected chi connectivity index (χ4v) is 3.92. The van der Waals surface area contributed by atoms with Crippen molar-refractivity contribution in [3.63, 3.8) is 0 Å². The monoisotopic (exact) mass is 277 g/mol. The van der Waals surface area contributed by atoms with E-state index >= 15 is 0 Å². The van der Waals surface area contributed by atoms with Crippen molar-refractivity contribution in [3.05, 3.63) is 23.0 Å². The molecule has 2 unspecified atom stereocenters. The lowest BCUT2D eigenvalue weighted by Crippen LogP contribution is -2.33. The molecule has 0 radical (unpaired) electrons. The molecule has 3 nitrogen and oxygen atoms in total. The summed E-state index contributed by atoms with van der Waals surface area (Å²) in [6.45, 7) is 10.7. The van der Waals surface area contributed by atoms with Gasteiger partial charge in [-0.3, -0.25) is 0 Å². The third kappa shape index (κ3) is 2.42. The van der Waals surface area contributed by atoms with Crippen molar-refractivity contribution in [2.45, 2.75) is 71.6 Å². The summed E-state index contributed by atoms with van der Waals surface area (Å²) in [5.74, 6) is 0. The molecule has 1 aromatic heterocycles. The first kappa shape index (κ1) is 14.2. The normalized spacial score (nSPS) is 32.4. The second-order valence-corrected chi connectivity index (χ2v) is 7.74. The molecule has 2 heterocycles. The molecule has 2 aliphatic rings. The van der Waals surface area contributed by atoms with Gasteiger partial charge in [0.05, 0.1) is 18.2 Å². The fraction of sp³-hybridized carbons (Fsp3) is 0.765. The Morgan fingerprint density at radius 2 is 2.15 bits per heavy atom. The summed E-state index contributed by atoms with van der Waals surface area (Å²) in [5.41, 5.74) is 3.85. The summed E-state index contributed by atoms with van der Waals surface area (Å²) in [5, 5.41) is 10.4. The first-order valence-electron chi connectivity index (χ1n) is 7.81. The van der Waals surface area contributed by atoms with Crippen molar-refractivity contribution in [2.75, 3.05) is 6.61 Å². The largest absolute Gasteiger partial charge is 0.388 e. The number of ether oxygens (including phenoxy) is 1. The number of nitrogens with zero attached hydrogens (tertiary/aromatic N) is 1. The Morgan fingerprint density at radius 3 is 2.80 bits per heavy atom. The molecule has 0 aromatic carbocycles. The van der Waals surface area contributed by atoms with Gasteiger partial charge in [0, 0.05) is 23.6 Å². The van der Waals surface area contributed by atoms with Crippen LogP contribution in [-0.4, -0.2) is 21.9 Å². The van der Waals surface area contributed by atoms with Crippen LogP contribution in [0.2, 0.25) is 0 Å². The lowest BCUT2D eigenvalue weighted by molar-refractivity contribution is 0.00434. The Balaban J connectivity index is 1.96. The van der Waals surface area contributed by atoms with E-state index in [4.69, 9.17) is 4.74 Å². The zero-order valence-corrected chi connectivity index (χ0v) is 13.2. The SMILES string of the molecule is Cc1cc2c(n1CC1(C)CCCO1)CC(C)(C)CC2O. The lowest BCUT2D eigenvalue weighted by Gasteiger charge is -2.35. The highest BCUT2D eigenvalue weighted by Crippen LogP contribution is 2.42. The van der Waals surface area contributed by atoms with Gasteiger partial charge in [0.15, 0.2) is 0 Å². The van der Waals surface area contributed by atoms with Crippen LogP contribution < -0.4 is 0 Å². The van der Waals surface area contributed by atoms with Crippen LogP contribution in [0.5, 0.6) is 0 Å². The van der Waals surface area contributed by atoms with Crippen LogP contribution in [0.4, 0.5) is 0 Å². The predicted octanol–water partition coefficient (Wildman–Crippen LogP) is 3.37. The number of hydrogen-bond acceptors (Lipinski definition) is 2. The fourth-order valence-electron chi connectivity index (χ4n) is 3.92. The number of aliphatic hydroxyl groups excluding tert-OH is 1. The van der Waals surface area contributed by atoms with Crippen molar-refractivity contribution < 1.29 is 9.84 Å². The van der Waals surface area contributed by atoms with Gasteiger partial charge in [-0.1, -0.05) is 13.8 Å². The van der Waals surface area contributed by atoms with Gasteiger partial charge in [-0.2, -0.15) is 0 Å². The molecule has 3 rings (SSSR count). The maximum absolute atomic E-state index is 10.4. The van der Waals surface area contributed by atoms with Crippen LogP contribution in [0, 0.1) is 12.3 Å².